The quantitative estimate of drug-likeness (QED) is 0.761. The fraction of sp³-hybridized carbons (Fsp3) is 0.500. The number of hydrogen-bond acceptors (Lipinski definition) is 1. The molecule has 0 atom stereocenters. The van der Waals surface area contributed by atoms with E-state index in [4.69, 9.17) is 0 Å². The van der Waals surface area contributed by atoms with Crippen LogP contribution in [0, 0.1) is 11.2 Å². The minimum absolute atomic E-state index is 0.131. The molecule has 0 amide bonds. The van der Waals surface area contributed by atoms with Gasteiger partial charge in [-0.15, -0.1) is 0 Å². The number of rotatable bonds is 3. The molecule has 2 rings (SSSR count). The molecule has 0 aromatic heterocycles. The third kappa shape index (κ3) is 2.31. The van der Waals surface area contributed by atoms with Crippen molar-refractivity contribution in [2.75, 3.05) is 0 Å². The number of halogens is 1. The SMILES string of the molecule is CC1(C(=O)Cc2ccc(F)cc2)CCCC1. The van der Waals surface area contributed by atoms with E-state index >= 15 is 0 Å². The molecule has 1 nitrogen and oxygen atoms in total. The van der Waals surface area contributed by atoms with Gasteiger partial charge >= 0.3 is 0 Å². The molecule has 0 radical (unpaired) electrons. The normalized spacial score (nSPS) is 18.6. The molecule has 1 aliphatic carbocycles. The molecule has 1 saturated carbocycles. The third-order valence-electron chi connectivity index (χ3n) is 3.66. The Morgan fingerprint density at radius 2 is 1.81 bits per heavy atom. The third-order valence-corrected chi connectivity index (χ3v) is 3.66. The average Bonchev–Trinajstić information content (AvgIpc) is 2.70. The fourth-order valence-electron chi connectivity index (χ4n) is 2.44. The monoisotopic (exact) mass is 220 g/mol. The largest absolute Gasteiger partial charge is 0.299 e. The first kappa shape index (κ1) is 11.3. The summed E-state index contributed by atoms with van der Waals surface area (Å²) in [5.41, 5.74) is 0.786. The van der Waals surface area contributed by atoms with E-state index in [0.29, 0.717) is 12.2 Å². The Balaban J connectivity index is 2.04. The number of carbonyl (C=O) groups is 1. The van der Waals surface area contributed by atoms with E-state index in [0.717, 1.165) is 31.2 Å². The predicted octanol–water partition coefficient (Wildman–Crippen LogP) is 3.52. The maximum absolute atomic E-state index is 12.7. The van der Waals surface area contributed by atoms with Gasteiger partial charge < -0.3 is 0 Å². The number of ketones is 1. The van der Waals surface area contributed by atoms with Crippen molar-refractivity contribution in [2.45, 2.75) is 39.0 Å². The second-order valence-corrected chi connectivity index (χ2v) is 4.99. The van der Waals surface area contributed by atoms with Crippen molar-refractivity contribution in [1.82, 2.24) is 0 Å². The van der Waals surface area contributed by atoms with Gasteiger partial charge in [-0.05, 0) is 30.5 Å². The molecule has 1 aromatic carbocycles. The summed E-state index contributed by atoms with van der Waals surface area (Å²) in [6.45, 7) is 2.06. The maximum Gasteiger partial charge on any atom is 0.143 e. The fourth-order valence-corrected chi connectivity index (χ4v) is 2.44. The highest BCUT2D eigenvalue weighted by Crippen LogP contribution is 2.39. The molecule has 0 saturated heterocycles. The van der Waals surface area contributed by atoms with Gasteiger partial charge in [0.05, 0.1) is 0 Å². The van der Waals surface area contributed by atoms with E-state index < -0.39 is 0 Å². The van der Waals surface area contributed by atoms with Crippen molar-refractivity contribution >= 4 is 5.78 Å². The van der Waals surface area contributed by atoms with E-state index in [9.17, 15) is 9.18 Å². The number of benzene rings is 1. The van der Waals surface area contributed by atoms with Gasteiger partial charge in [-0.1, -0.05) is 31.9 Å². The van der Waals surface area contributed by atoms with Crippen LogP contribution in [0.5, 0.6) is 0 Å². The Hall–Kier alpha value is -1.18. The van der Waals surface area contributed by atoms with Gasteiger partial charge in [0.25, 0.3) is 0 Å². The molecule has 0 heterocycles. The molecule has 1 aromatic rings. The summed E-state index contributed by atoms with van der Waals surface area (Å²) in [6.07, 6.45) is 4.77. The van der Waals surface area contributed by atoms with Crippen LogP contribution >= 0.6 is 0 Å². The van der Waals surface area contributed by atoms with Crippen molar-refractivity contribution in [3.8, 4) is 0 Å². The van der Waals surface area contributed by atoms with Crippen LogP contribution in [-0.4, -0.2) is 5.78 Å². The summed E-state index contributed by atoms with van der Waals surface area (Å²) in [7, 11) is 0. The summed E-state index contributed by atoms with van der Waals surface area (Å²) < 4.78 is 12.7. The lowest BCUT2D eigenvalue weighted by molar-refractivity contribution is -0.126. The van der Waals surface area contributed by atoms with Crippen molar-refractivity contribution in [3.05, 3.63) is 35.6 Å². The van der Waals surface area contributed by atoms with Gasteiger partial charge in [0, 0.05) is 11.8 Å². The van der Waals surface area contributed by atoms with Gasteiger partial charge in [-0.25, -0.2) is 4.39 Å². The number of hydrogen-bond donors (Lipinski definition) is 0. The molecule has 0 unspecified atom stereocenters. The van der Waals surface area contributed by atoms with E-state index in [1.54, 1.807) is 12.1 Å². The standard InChI is InChI=1S/C14H17FO/c1-14(8-2-3-9-14)13(16)10-11-4-6-12(15)7-5-11/h4-7H,2-3,8-10H2,1H3. The minimum Gasteiger partial charge on any atom is -0.299 e. The lowest BCUT2D eigenvalue weighted by Crippen LogP contribution is -2.25. The van der Waals surface area contributed by atoms with Gasteiger partial charge in [0.15, 0.2) is 0 Å². The molecule has 2 heteroatoms. The first-order valence-corrected chi connectivity index (χ1v) is 5.88. The smallest absolute Gasteiger partial charge is 0.143 e. The van der Waals surface area contributed by atoms with Crippen molar-refractivity contribution in [2.24, 2.45) is 5.41 Å². The van der Waals surface area contributed by atoms with Crippen LogP contribution < -0.4 is 0 Å². The summed E-state index contributed by atoms with van der Waals surface area (Å²) in [4.78, 5) is 12.1. The van der Waals surface area contributed by atoms with Crippen LogP contribution in [0.2, 0.25) is 0 Å². The van der Waals surface area contributed by atoms with Crippen LogP contribution in [0.15, 0.2) is 24.3 Å². The van der Waals surface area contributed by atoms with Gasteiger partial charge in [-0.2, -0.15) is 0 Å². The highest BCUT2D eigenvalue weighted by Gasteiger charge is 2.35. The summed E-state index contributed by atoms with van der Waals surface area (Å²) >= 11 is 0. The molecule has 0 spiro atoms. The molecule has 0 bridgehead atoms. The Morgan fingerprint density at radius 3 is 2.38 bits per heavy atom. The first-order chi connectivity index (χ1) is 7.60. The average molecular weight is 220 g/mol. The van der Waals surface area contributed by atoms with E-state index in [2.05, 4.69) is 6.92 Å². The van der Waals surface area contributed by atoms with Crippen molar-refractivity contribution in [3.63, 3.8) is 0 Å². The lowest BCUT2D eigenvalue weighted by Gasteiger charge is -2.21. The van der Waals surface area contributed by atoms with Crippen molar-refractivity contribution < 1.29 is 9.18 Å². The first-order valence-electron chi connectivity index (χ1n) is 5.88. The molecule has 16 heavy (non-hydrogen) atoms. The topological polar surface area (TPSA) is 17.1 Å². The van der Waals surface area contributed by atoms with Crippen LogP contribution in [0.25, 0.3) is 0 Å². The Bertz CT molecular complexity index is 374. The van der Waals surface area contributed by atoms with E-state index in [-0.39, 0.29) is 11.2 Å². The highest BCUT2D eigenvalue weighted by molar-refractivity contribution is 5.86. The van der Waals surface area contributed by atoms with Crippen LogP contribution in [0.3, 0.4) is 0 Å². The Kier molecular flexibility index (Phi) is 3.08. The Morgan fingerprint density at radius 1 is 1.25 bits per heavy atom. The number of carbonyl (C=O) groups excluding carboxylic acids is 1. The zero-order valence-corrected chi connectivity index (χ0v) is 9.63. The number of Topliss-reactive ketones (excluding diaryl/α,β-unsaturated/α-hetero) is 1. The molecule has 1 aliphatic rings. The summed E-state index contributed by atoms with van der Waals surface area (Å²) in [5.74, 6) is 0.0554. The second-order valence-electron chi connectivity index (χ2n) is 4.99. The summed E-state index contributed by atoms with van der Waals surface area (Å²) in [5, 5.41) is 0. The predicted molar refractivity (Wildman–Crippen MR) is 61.7 cm³/mol. The summed E-state index contributed by atoms with van der Waals surface area (Å²) in [6, 6.07) is 6.23. The van der Waals surface area contributed by atoms with Gasteiger partial charge in [0.2, 0.25) is 0 Å². The van der Waals surface area contributed by atoms with Crippen LogP contribution in [0.4, 0.5) is 4.39 Å². The highest BCUT2D eigenvalue weighted by atomic mass is 19.1. The van der Waals surface area contributed by atoms with E-state index in [1.807, 2.05) is 0 Å². The van der Waals surface area contributed by atoms with Crippen molar-refractivity contribution in [1.29, 1.82) is 0 Å². The maximum atomic E-state index is 12.7. The molecule has 86 valence electrons. The molecule has 0 N–H and O–H groups in total. The van der Waals surface area contributed by atoms with Crippen LogP contribution in [0.1, 0.15) is 38.2 Å². The van der Waals surface area contributed by atoms with Gasteiger partial charge in [0.1, 0.15) is 11.6 Å². The zero-order chi connectivity index (χ0) is 11.6. The second kappa shape index (κ2) is 4.36. The zero-order valence-electron chi connectivity index (χ0n) is 9.63. The lowest BCUT2D eigenvalue weighted by atomic mass is 9.81. The van der Waals surface area contributed by atoms with E-state index in [1.165, 1.54) is 12.1 Å². The van der Waals surface area contributed by atoms with Crippen LogP contribution in [-0.2, 0) is 11.2 Å². The molecule has 1 fully saturated rings. The Labute approximate surface area is 95.7 Å². The molecular formula is C14H17FO. The van der Waals surface area contributed by atoms with Gasteiger partial charge in [-0.3, -0.25) is 4.79 Å². The minimum atomic E-state index is -0.247. The molecule has 0 aliphatic heterocycles. The molecular weight excluding hydrogens is 203 g/mol.